The molecule has 9 heteroatoms. The molecule has 0 bridgehead atoms. The van der Waals surface area contributed by atoms with Crippen LogP contribution in [0.25, 0.3) is 6.08 Å². The van der Waals surface area contributed by atoms with Crippen LogP contribution in [0.3, 0.4) is 0 Å². The number of carbonyl (C=O) groups is 1. The van der Waals surface area contributed by atoms with Crippen LogP contribution in [0.5, 0.6) is 0 Å². The third kappa shape index (κ3) is 6.24. The molecule has 2 aromatic rings. The quantitative estimate of drug-likeness (QED) is 0.338. The molecule has 1 heterocycles. The van der Waals surface area contributed by atoms with Crippen molar-refractivity contribution in [3.05, 3.63) is 76.4 Å². The van der Waals surface area contributed by atoms with E-state index >= 15 is 0 Å². The summed E-state index contributed by atoms with van der Waals surface area (Å²) in [4.78, 5) is 15.5. The maximum atomic E-state index is 13.2. The fourth-order valence-electron chi connectivity index (χ4n) is 6.38. The first kappa shape index (κ1) is 28.7. The molecular formula is C31H34F6N2O. The molecule has 0 aromatic heterocycles. The zero-order valence-corrected chi connectivity index (χ0v) is 22.4. The van der Waals surface area contributed by atoms with Gasteiger partial charge in [-0.1, -0.05) is 56.2 Å². The summed E-state index contributed by atoms with van der Waals surface area (Å²) >= 11 is 0. The summed E-state index contributed by atoms with van der Waals surface area (Å²) in [5.74, 6) is 0.191. The van der Waals surface area contributed by atoms with Gasteiger partial charge in [-0.05, 0) is 79.1 Å². The van der Waals surface area contributed by atoms with Gasteiger partial charge in [0.25, 0.3) is 0 Å². The van der Waals surface area contributed by atoms with Crippen molar-refractivity contribution in [1.29, 1.82) is 0 Å². The molecule has 1 saturated heterocycles. The summed E-state index contributed by atoms with van der Waals surface area (Å²) in [5.41, 5.74) is -0.308. The van der Waals surface area contributed by atoms with E-state index in [9.17, 15) is 31.1 Å². The molecule has 216 valence electrons. The van der Waals surface area contributed by atoms with Gasteiger partial charge in [0.1, 0.15) is 0 Å². The number of hydrogen-bond acceptors (Lipinski definition) is 2. The molecule has 0 radical (unpaired) electrons. The first-order valence-corrected chi connectivity index (χ1v) is 13.9. The molecule has 3 atom stereocenters. The van der Waals surface area contributed by atoms with Crippen LogP contribution < -0.4 is 5.32 Å². The van der Waals surface area contributed by atoms with E-state index in [1.165, 1.54) is 11.1 Å². The van der Waals surface area contributed by atoms with Crippen molar-refractivity contribution >= 4 is 12.0 Å². The van der Waals surface area contributed by atoms with Crippen molar-refractivity contribution in [1.82, 2.24) is 10.2 Å². The van der Waals surface area contributed by atoms with E-state index in [0.717, 1.165) is 38.9 Å². The highest BCUT2D eigenvalue weighted by molar-refractivity contribution is 5.78. The number of nitrogens with zero attached hydrogens (tertiary/aromatic N) is 1. The molecule has 2 aliphatic carbocycles. The number of benzene rings is 2. The minimum Gasteiger partial charge on any atom is -0.352 e. The minimum absolute atomic E-state index is 0.0259. The zero-order chi connectivity index (χ0) is 28.7. The van der Waals surface area contributed by atoms with E-state index in [-0.39, 0.29) is 35.4 Å². The number of rotatable bonds is 8. The predicted octanol–water partition coefficient (Wildman–Crippen LogP) is 7.45. The largest absolute Gasteiger partial charge is 0.416 e. The third-order valence-electron chi connectivity index (χ3n) is 8.87. The highest BCUT2D eigenvalue weighted by Crippen LogP contribution is 2.47. The normalized spacial score (nSPS) is 23.8. The Labute approximate surface area is 230 Å². The number of alkyl halides is 6. The van der Waals surface area contributed by atoms with Gasteiger partial charge >= 0.3 is 12.4 Å². The Morgan fingerprint density at radius 2 is 1.73 bits per heavy atom. The summed E-state index contributed by atoms with van der Waals surface area (Å²) in [6.07, 6.45) is -0.942. The van der Waals surface area contributed by atoms with Crippen LogP contribution in [0.15, 0.2) is 48.5 Å². The van der Waals surface area contributed by atoms with E-state index in [1.54, 1.807) is 0 Å². The van der Waals surface area contributed by atoms with Gasteiger partial charge in [0.2, 0.25) is 5.91 Å². The average Bonchev–Trinajstić information content (AvgIpc) is 3.65. The Kier molecular flexibility index (Phi) is 7.81. The number of fused-ring (bicyclic) bond motifs is 2. The molecule has 1 amide bonds. The van der Waals surface area contributed by atoms with Gasteiger partial charge in [-0.25, -0.2) is 0 Å². The monoisotopic (exact) mass is 564 g/mol. The molecule has 0 unspecified atom stereocenters. The number of allylic oxidation sites excluding steroid dienone is 1. The van der Waals surface area contributed by atoms with Crippen molar-refractivity contribution < 1.29 is 31.1 Å². The fraction of sp³-hybridized carbons (Fsp3) is 0.516. The molecule has 1 spiro atoms. The minimum atomic E-state index is -4.92. The molecule has 1 aliphatic heterocycles. The lowest BCUT2D eigenvalue weighted by molar-refractivity contribution is -0.143. The van der Waals surface area contributed by atoms with Crippen LogP contribution in [-0.4, -0.2) is 30.4 Å². The van der Waals surface area contributed by atoms with Gasteiger partial charge in [-0.3, -0.25) is 4.79 Å². The van der Waals surface area contributed by atoms with E-state index < -0.39 is 23.5 Å². The van der Waals surface area contributed by atoms with Crippen molar-refractivity contribution in [3.63, 3.8) is 0 Å². The number of halogens is 6. The summed E-state index contributed by atoms with van der Waals surface area (Å²) in [6.45, 7) is 4.38. The number of hydrogen-bond donors (Lipinski definition) is 1. The number of piperidine rings is 1. The number of amides is 1. The molecule has 2 aromatic carbocycles. The molecular weight excluding hydrogens is 530 g/mol. The van der Waals surface area contributed by atoms with Crippen LogP contribution in [0, 0.1) is 17.8 Å². The Balaban J connectivity index is 1.21. The van der Waals surface area contributed by atoms with Crippen LogP contribution in [0.1, 0.15) is 66.8 Å². The van der Waals surface area contributed by atoms with Gasteiger partial charge in [0.15, 0.2) is 0 Å². The lowest BCUT2D eigenvalue weighted by Gasteiger charge is -2.44. The van der Waals surface area contributed by atoms with Crippen LogP contribution in [-0.2, 0) is 29.1 Å². The van der Waals surface area contributed by atoms with Crippen LogP contribution in [0.2, 0.25) is 0 Å². The zero-order valence-electron chi connectivity index (χ0n) is 22.4. The Morgan fingerprint density at radius 1 is 1.05 bits per heavy atom. The smallest absolute Gasteiger partial charge is 0.352 e. The van der Waals surface area contributed by atoms with Gasteiger partial charge in [0, 0.05) is 24.4 Å². The van der Waals surface area contributed by atoms with Crippen molar-refractivity contribution in [2.45, 2.75) is 63.3 Å². The van der Waals surface area contributed by atoms with Gasteiger partial charge < -0.3 is 10.2 Å². The lowest BCUT2D eigenvalue weighted by atomic mass is 9.68. The third-order valence-corrected chi connectivity index (χ3v) is 8.87. The Hall–Kier alpha value is -2.81. The van der Waals surface area contributed by atoms with Gasteiger partial charge in [-0.2, -0.15) is 26.3 Å². The summed E-state index contributed by atoms with van der Waals surface area (Å²) in [7, 11) is 0. The summed E-state index contributed by atoms with van der Waals surface area (Å²) in [6, 6.07) is 9.93. The molecule has 1 N–H and O–H groups in total. The van der Waals surface area contributed by atoms with E-state index in [4.69, 9.17) is 0 Å². The van der Waals surface area contributed by atoms with E-state index in [2.05, 4.69) is 53.6 Å². The number of likely N-dealkylation sites (tertiary alicyclic amines) is 1. The first-order chi connectivity index (χ1) is 18.8. The Morgan fingerprint density at radius 3 is 2.35 bits per heavy atom. The van der Waals surface area contributed by atoms with Crippen molar-refractivity contribution in [2.24, 2.45) is 17.8 Å². The number of nitrogens with one attached hydrogen (secondary N) is 1. The van der Waals surface area contributed by atoms with E-state index in [0.29, 0.717) is 36.8 Å². The highest BCUT2D eigenvalue weighted by atomic mass is 19.4. The fourth-order valence-corrected chi connectivity index (χ4v) is 6.38. The van der Waals surface area contributed by atoms with Crippen LogP contribution in [0.4, 0.5) is 26.3 Å². The van der Waals surface area contributed by atoms with Gasteiger partial charge in [0.05, 0.1) is 11.1 Å². The maximum absolute atomic E-state index is 13.2. The SMILES string of the molecule is C[C@H]1CN(CC[C@@H](CC2CC2)C(=O)NCc2cc(C(F)(F)F)cc(C(F)(F)F)c2)CC[C@@]12C=Cc1ccccc12. The average molecular weight is 565 g/mol. The van der Waals surface area contributed by atoms with Gasteiger partial charge in [-0.15, -0.1) is 0 Å². The molecule has 2 fully saturated rings. The molecule has 5 rings (SSSR count). The summed E-state index contributed by atoms with van der Waals surface area (Å²) in [5, 5.41) is 2.64. The standard InChI is InChI=1S/C31H34F6N2O/c1-20-19-39(13-11-29(20)10-8-23-4-2-3-5-27(23)29)12-9-24(14-21-6-7-21)28(40)38-18-22-15-25(30(32,33)34)17-26(16-22)31(35,36)37/h2-5,8,10,15-17,20-21,24H,6-7,9,11-14,18-19H2,1H3,(H,38,40)/t20-,24-,29-/m0/s1. The molecule has 40 heavy (non-hydrogen) atoms. The van der Waals surface area contributed by atoms with Crippen molar-refractivity contribution in [3.8, 4) is 0 Å². The predicted molar refractivity (Wildman–Crippen MR) is 141 cm³/mol. The Bertz CT molecular complexity index is 1230. The maximum Gasteiger partial charge on any atom is 0.416 e. The van der Waals surface area contributed by atoms with Crippen molar-refractivity contribution in [2.75, 3.05) is 19.6 Å². The summed E-state index contributed by atoms with van der Waals surface area (Å²) < 4.78 is 79.4. The highest BCUT2D eigenvalue weighted by Gasteiger charge is 2.43. The second-order valence-corrected chi connectivity index (χ2v) is 11.7. The molecule has 1 saturated carbocycles. The lowest BCUT2D eigenvalue weighted by Crippen LogP contribution is -2.48. The number of carbonyl (C=O) groups excluding carboxylic acids is 1. The topological polar surface area (TPSA) is 32.3 Å². The second kappa shape index (κ2) is 10.9. The first-order valence-electron chi connectivity index (χ1n) is 13.9. The van der Waals surface area contributed by atoms with E-state index in [1.807, 2.05) is 0 Å². The molecule has 3 aliphatic rings. The second-order valence-electron chi connectivity index (χ2n) is 11.7. The van der Waals surface area contributed by atoms with Crippen LogP contribution >= 0.6 is 0 Å². The molecule has 3 nitrogen and oxygen atoms in total.